The van der Waals surface area contributed by atoms with Gasteiger partial charge in [-0.25, -0.2) is 9.48 Å². The second-order valence-electron chi connectivity index (χ2n) is 2.80. The standard InChI is InChI=1S/C9H8N4O/c1-13-9(14)11-10-8(12-13)7-5-3-2-4-6-7/h2-6H,1H3. The van der Waals surface area contributed by atoms with Crippen molar-refractivity contribution in [2.45, 2.75) is 0 Å². The predicted molar refractivity (Wildman–Crippen MR) is 50.5 cm³/mol. The van der Waals surface area contributed by atoms with Gasteiger partial charge in [-0.15, -0.1) is 10.2 Å². The van der Waals surface area contributed by atoms with Gasteiger partial charge < -0.3 is 0 Å². The molecular weight excluding hydrogens is 180 g/mol. The fourth-order valence-corrected chi connectivity index (χ4v) is 1.06. The Balaban J connectivity index is 2.54. The number of hydrogen-bond acceptors (Lipinski definition) is 4. The molecule has 0 radical (unpaired) electrons. The van der Waals surface area contributed by atoms with E-state index in [0.29, 0.717) is 5.82 Å². The highest BCUT2D eigenvalue weighted by atomic mass is 16.2. The Morgan fingerprint density at radius 1 is 1.14 bits per heavy atom. The highest BCUT2D eigenvalue weighted by Gasteiger charge is 2.02. The molecule has 0 saturated carbocycles. The molecule has 0 aliphatic carbocycles. The molecule has 2 rings (SSSR count). The molecule has 0 aliphatic heterocycles. The minimum atomic E-state index is -0.454. The van der Waals surface area contributed by atoms with Gasteiger partial charge in [-0.05, 0) is 0 Å². The number of aryl methyl sites for hydroxylation is 1. The lowest BCUT2D eigenvalue weighted by atomic mass is 10.2. The predicted octanol–water partition coefficient (Wildman–Crippen LogP) is 0.237. The summed E-state index contributed by atoms with van der Waals surface area (Å²) in [7, 11) is 1.55. The lowest BCUT2D eigenvalue weighted by Gasteiger charge is -1.98. The third kappa shape index (κ3) is 1.52. The van der Waals surface area contributed by atoms with E-state index in [-0.39, 0.29) is 0 Å². The largest absolute Gasteiger partial charge is 0.382 e. The van der Waals surface area contributed by atoms with Gasteiger partial charge in [0.2, 0.25) is 5.82 Å². The van der Waals surface area contributed by atoms with Crippen molar-refractivity contribution in [2.24, 2.45) is 7.05 Å². The van der Waals surface area contributed by atoms with E-state index >= 15 is 0 Å². The fraction of sp³-hybridized carbons (Fsp3) is 0.111. The first-order valence-electron chi connectivity index (χ1n) is 4.11. The molecule has 1 aromatic heterocycles. The molecule has 0 atom stereocenters. The van der Waals surface area contributed by atoms with E-state index in [1.807, 2.05) is 30.3 Å². The first-order valence-corrected chi connectivity index (χ1v) is 4.11. The zero-order chi connectivity index (χ0) is 9.97. The maximum atomic E-state index is 10.9. The van der Waals surface area contributed by atoms with E-state index in [1.54, 1.807) is 7.05 Å². The average Bonchev–Trinajstić information content (AvgIpc) is 2.23. The Morgan fingerprint density at radius 2 is 1.86 bits per heavy atom. The molecule has 0 bridgehead atoms. The SMILES string of the molecule is Cn1nc(-c2ccccc2)nnc1=O. The summed E-state index contributed by atoms with van der Waals surface area (Å²) in [5.41, 5.74) is 0.389. The van der Waals surface area contributed by atoms with Crippen LogP contribution in [0.15, 0.2) is 35.1 Å². The molecule has 0 unspecified atom stereocenters. The highest BCUT2D eigenvalue weighted by molar-refractivity contribution is 5.52. The van der Waals surface area contributed by atoms with Crippen LogP contribution in [0.5, 0.6) is 0 Å². The van der Waals surface area contributed by atoms with Gasteiger partial charge in [-0.2, -0.15) is 0 Å². The van der Waals surface area contributed by atoms with Crippen LogP contribution < -0.4 is 5.69 Å². The van der Waals surface area contributed by atoms with Crippen LogP contribution in [0.4, 0.5) is 0 Å². The van der Waals surface area contributed by atoms with Crippen LogP contribution in [-0.4, -0.2) is 20.0 Å². The van der Waals surface area contributed by atoms with Crippen LogP contribution in [0.1, 0.15) is 0 Å². The summed E-state index contributed by atoms with van der Waals surface area (Å²) in [6, 6.07) is 9.38. The van der Waals surface area contributed by atoms with Gasteiger partial charge in [0.05, 0.1) is 0 Å². The lowest BCUT2D eigenvalue weighted by molar-refractivity contribution is 0.641. The van der Waals surface area contributed by atoms with Crippen LogP contribution in [0.3, 0.4) is 0 Å². The van der Waals surface area contributed by atoms with Crippen LogP contribution in [0.25, 0.3) is 11.4 Å². The number of aromatic nitrogens is 4. The summed E-state index contributed by atoms with van der Waals surface area (Å²) in [6.07, 6.45) is 0. The van der Waals surface area contributed by atoms with Crippen LogP contribution >= 0.6 is 0 Å². The van der Waals surface area contributed by atoms with Crippen molar-refractivity contribution in [3.63, 3.8) is 0 Å². The van der Waals surface area contributed by atoms with Crippen LogP contribution in [0.2, 0.25) is 0 Å². The maximum Gasteiger partial charge on any atom is 0.382 e. The van der Waals surface area contributed by atoms with E-state index in [4.69, 9.17) is 0 Å². The highest BCUT2D eigenvalue weighted by Crippen LogP contribution is 2.10. The van der Waals surface area contributed by atoms with E-state index in [9.17, 15) is 4.79 Å². The molecule has 5 nitrogen and oxygen atoms in total. The first kappa shape index (κ1) is 8.55. The molecule has 0 aliphatic rings. The first-order chi connectivity index (χ1) is 6.77. The van der Waals surface area contributed by atoms with Crippen LogP contribution in [-0.2, 0) is 7.05 Å². The van der Waals surface area contributed by atoms with Gasteiger partial charge >= 0.3 is 5.69 Å². The zero-order valence-corrected chi connectivity index (χ0v) is 7.58. The Labute approximate surface area is 80.0 Å². The smallest absolute Gasteiger partial charge is 0.242 e. The molecule has 14 heavy (non-hydrogen) atoms. The Morgan fingerprint density at radius 3 is 2.50 bits per heavy atom. The summed E-state index contributed by atoms with van der Waals surface area (Å²) in [5, 5.41) is 11.1. The van der Waals surface area contributed by atoms with Crippen molar-refractivity contribution in [2.75, 3.05) is 0 Å². The summed E-state index contributed by atoms with van der Waals surface area (Å²) < 4.78 is 1.16. The molecular formula is C9H8N4O. The minimum Gasteiger partial charge on any atom is -0.242 e. The van der Waals surface area contributed by atoms with Gasteiger partial charge in [-0.1, -0.05) is 35.4 Å². The number of hydrogen-bond donors (Lipinski definition) is 0. The second kappa shape index (κ2) is 3.37. The minimum absolute atomic E-state index is 0.452. The number of nitrogens with zero attached hydrogens (tertiary/aromatic N) is 4. The van der Waals surface area contributed by atoms with Crippen molar-refractivity contribution in [3.05, 3.63) is 40.8 Å². The normalized spacial score (nSPS) is 10.1. The fourth-order valence-electron chi connectivity index (χ4n) is 1.06. The van der Waals surface area contributed by atoms with Gasteiger partial charge in [0, 0.05) is 12.6 Å². The Hall–Kier alpha value is -2.04. The average molecular weight is 188 g/mol. The molecule has 1 aromatic carbocycles. The molecule has 2 aromatic rings. The zero-order valence-electron chi connectivity index (χ0n) is 7.58. The van der Waals surface area contributed by atoms with Crippen molar-refractivity contribution in [1.29, 1.82) is 0 Å². The van der Waals surface area contributed by atoms with Crippen molar-refractivity contribution < 1.29 is 0 Å². The third-order valence-electron chi connectivity index (χ3n) is 1.78. The number of benzene rings is 1. The monoisotopic (exact) mass is 188 g/mol. The summed E-state index contributed by atoms with van der Waals surface area (Å²) in [5.74, 6) is 0.452. The Kier molecular flexibility index (Phi) is 2.06. The molecule has 0 N–H and O–H groups in total. The van der Waals surface area contributed by atoms with E-state index in [2.05, 4.69) is 15.3 Å². The van der Waals surface area contributed by atoms with Crippen molar-refractivity contribution >= 4 is 0 Å². The van der Waals surface area contributed by atoms with Gasteiger partial charge in [0.1, 0.15) is 0 Å². The van der Waals surface area contributed by atoms with E-state index in [0.717, 1.165) is 10.2 Å². The van der Waals surface area contributed by atoms with Gasteiger partial charge in [0.25, 0.3) is 0 Å². The van der Waals surface area contributed by atoms with E-state index in [1.165, 1.54) is 0 Å². The number of rotatable bonds is 1. The van der Waals surface area contributed by atoms with Crippen molar-refractivity contribution in [3.8, 4) is 11.4 Å². The molecule has 70 valence electrons. The van der Waals surface area contributed by atoms with Gasteiger partial charge in [-0.3, -0.25) is 0 Å². The summed E-state index contributed by atoms with van der Waals surface area (Å²) >= 11 is 0. The third-order valence-corrected chi connectivity index (χ3v) is 1.78. The van der Waals surface area contributed by atoms with Crippen LogP contribution in [0, 0.1) is 0 Å². The maximum absolute atomic E-state index is 10.9. The molecule has 0 saturated heterocycles. The molecule has 5 heteroatoms. The van der Waals surface area contributed by atoms with Gasteiger partial charge in [0.15, 0.2) is 0 Å². The summed E-state index contributed by atoms with van der Waals surface area (Å²) in [6.45, 7) is 0. The van der Waals surface area contributed by atoms with Crippen molar-refractivity contribution in [1.82, 2.24) is 20.0 Å². The summed E-state index contributed by atoms with van der Waals surface area (Å²) in [4.78, 5) is 10.9. The molecule has 0 spiro atoms. The lowest BCUT2D eigenvalue weighted by Crippen LogP contribution is -2.24. The Bertz CT molecular complexity index is 492. The molecule has 1 heterocycles. The topological polar surface area (TPSA) is 60.7 Å². The quantitative estimate of drug-likeness (QED) is 0.643. The second-order valence-corrected chi connectivity index (χ2v) is 2.80. The molecule has 0 fully saturated rings. The van der Waals surface area contributed by atoms with E-state index < -0.39 is 5.69 Å². The molecule has 0 amide bonds.